The van der Waals surface area contributed by atoms with Crippen molar-refractivity contribution in [3.8, 4) is 0 Å². The highest BCUT2D eigenvalue weighted by atomic mass is 31.2. The van der Waals surface area contributed by atoms with Crippen molar-refractivity contribution >= 4 is 23.7 Å². The Balaban J connectivity index is 6.36. The molecular formula is C20H48N3O6P3. The van der Waals surface area contributed by atoms with E-state index in [2.05, 4.69) is 27.7 Å². The Labute approximate surface area is 198 Å². The highest BCUT2D eigenvalue weighted by molar-refractivity contribution is 7.65. The second-order valence-corrected chi connectivity index (χ2v) is 13.2. The smallest absolute Gasteiger partial charge is 0.312 e. The first-order valence-electron chi connectivity index (χ1n) is 12.0. The molecule has 0 saturated heterocycles. The first kappa shape index (κ1) is 32.6. The van der Waals surface area contributed by atoms with Gasteiger partial charge in [0.2, 0.25) is 7.51 Å². The van der Waals surface area contributed by atoms with Gasteiger partial charge >= 0.3 is 8.53 Å². The predicted octanol–water partition coefficient (Wildman–Crippen LogP) is 8.06. The van der Waals surface area contributed by atoms with E-state index in [1.807, 2.05) is 20.8 Å². The van der Waals surface area contributed by atoms with Crippen molar-refractivity contribution in [3.63, 3.8) is 0 Å². The molecule has 1 unspecified atom stereocenters. The third-order valence-corrected chi connectivity index (χ3v) is 10.2. The van der Waals surface area contributed by atoms with Crippen molar-refractivity contribution < 1.29 is 27.1 Å². The fourth-order valence-corrected chi connectivity index (χ4v) is 9.10. The number of rotatable bonds is 21. The van der Waals surface area contributed by atoms with E-state index in [0.29, 0.717) is 39.6 Å². The van der Waals surface area contributed by atoms with E-state index in [9.17, 15) is 0 Å². The van der Waals surface area contributed by atoms with Crippen LogP contribution in [0.5, 0.6) is 0 Å². The Morgan fingerprint density at radius 1 is 0.656 bits per heavy atom. The maximum Gasteiger partial charge on any atom is 0.312 e. The van der Waals surface area contributed by atoms with Crippen LogP contribution < -0.4 is 5.50 Å². The van der Waals surface area contributed by atoms with E-state index in [1.165, 1.54) is 0 Å². The quantitative estimate of drug-likeness (QED) is 0.153. The van der Waals surface area contributed by atoms with Gasteiger partial charge in [-0.25, -0.2) is 4.74 Å². The van der Waals surface area contributed by atoms with Crippen LogP contribution in [0.15, 0.2) is 9.26 Å². The molecule has 0 bridgehead atoms. The van der Waals surface area contributed by atoms with Gasteiger partial charge in [0.1, 0.15) is 5.78 Å². The van der Waals surface area contributed by atoms with Gasteiger partial charge in [0, 0.05) is 0 Å². The van der Waals surface area contributed by atoms with Crippen molar-refractivity contribution in [2.75, 3.05) is 39.6 Å². The highest BCUT2D eigenvalue weighted by Gasteiger charge is 2.35. The number of hydrogen-bond donors (Lipinski definition) is 1. The zero-order chi connectivity index (χ0) is 24.3. The maximum absolute atomic E-state index is 6.52. The van der Waals surface area contributed by atoms with Gasteiger partial charge in [-0.3, -0.25) is 5.50 Å². The fraction of sp³-hybridized carbons (Fsp3) is 1.00. The summed E-state index contributed by atoms with van der Waals surface area (Å²) in [6, 6.07) is 0. The SMILES string of the molecule is CCCOP(N=P(OCCC)(OCCC)C(C)N=P(N)(OCCC)OCCC)OCCC. The summed E-state index contributed by atoms with van der Waals surface area (Å²) in [5.41, 5.74) is 6.52. The molecule has 0 aromatic rings. The molecule has 0 rings (SSSR count). The van der Waals surface area contributed by atoms with Gasteiger partial charge in [0.25, 0.3) is 7.66 Å². The van der Waals surface area contributed by atoms with Gasteiger partial charge < -0.3 is 27.1 Å². The lowest BCUT2D eigenvalue weighted by Gasteiger charge is -2.31. The lowest BCUT2D eigenvalue weighted by atomic mass is 10.5. The largest absolute Gasteiger partial charge is 0.322 e. The molecule has 0 aliphatic carbocycles. The van der Waals surface area contributed by atoms with Gasteiger partial charge in [-0.05, 0) is 45.4 Å². The molecule has 194 valence electrons. The maximum atomic E-state index is 6.52. The van der Waals surface area contributed by atoms with Crippen LogP contribution in [0, 0.1) is 0 Å². The van der Waals surface area contributed by atoms with Crippen LogP contribution >= 0.6 is 23.7 Å². The summed E-state index contributed by atoms with van der Waals surface area (Å²) in [4.78, 5) is 0. The van der Waals surface area contributed by atoms with Gasteiger partial charge in [-0.2, -0.15) is 4.52 Å². The van der Waals surface area contributed by atoms with E-state index in [-0.39, 0.29) is 0 Å². The molecule has 0 aliphatic rings. The Kier molecular flexibility index (Phi) is 20.2. The zero-order valence-electron chi connectivity index (χ0n) is 21.3. The average molecular weight is 520 g/mol. The summed E-state index contributed by atoms with van der Waals surface area (Å²) in [5, 5.41) is 0. The minimum atomic E-state index is -2.95. The van der Waals surface area contributed by atoms with Crippen molar-refractivity contribution in [1.82, 2.24) is 0 Å². The molecule has 0 saturated carbocycles. The number of nitrogens with two attached hydrogens (primary N) is 1. The standard InChI is InChI=1S/C20H48N3O6P3/c1-8-14-24-30(25-15-9-2)23-31(26-16-10-3,27-17-11-4)20(7)22-32(21,28-18-12-5)29-19-13-6/h20H,8-19,21H2,1-7H3. The minimum absolute atomic E-state index is 0.477. The fourth-order valence-electron chi connectivity index (χ4n) is 2.20. The Hall–Kier alpha value is 0.610. The molecule has 0 aromatic heterocycles. The van der Waals surface area contributed by atoms with Crippen molar-refractivity contribution in [2.24, 2.45) is 14.8 Å². The second-order valence-electron chi connectivity index (χ2n) is 7.20. The molecule has 1 atom stereocenters. The zero-order valence-corrected chi connectivity index (χ0v) is 24.0. The van der Waals surface area contributed by atoms with E-state index < -0.39 is 29.5 Å². The monoisotopic (exact) mass is 519 g/mol. The van der Waals surface area contributed by atoms with Crippen LogP contribution in [0.1, 0.15) is 87.0 Å². The van der Waals surface area contributed by atoms with Crippen LogP contribution in [-0.2, 0) is 27.1 Å². The van der Waals surface area contributed by atoms with Gasteiger partial charge in [-0.15, -0.1) is 0 Å². The summed E-state index contributed by atoms with van der Waals surface area (Å²) in [6.45, 7) is 17.2. The van der Waals surface area contributed by atoms with Crippen LogP contribution in [0.2, 0.25) is 0 Å². The first-order chi connectivity index (χ1) is 15.4. The predicted molar refractivity (Wildman–Crippen MR) is 137 cm³/mol. The molecule has 32 heavy (non-hydrogen) atoms. The summed E-state index contributed by atoms with van der Waals surface area (Å²) in [7, 11) is -7.37. The van der Waals surface area contributed by atoms with E-state index in [0.717, 1.165) is 38.5 Å². The molecule has 0 radical (unpaired) electrons. The Bertz CT molecular complexity index is 537. The first-order valence-corrected chi connectivity index (χ1v) is 16.4. The van der Waals surface area contributed by atoms with E-state index in [4.69, 9.17) is 41.9 Å². The van der Waals surface area contributed by atoms with Gasteiger partial charge in [0.05, 0.1) is 39.6 Å². The number of hydrogen-bond acceptors (Lipinski definition) is 8. The van der Waals surface area contributed by atoms with Crippen molar-refractivity contribution in [2.45, 2.75) is 92.8 Å². The van der Waals surface area contributed by atoms with Crippen LogP contribution in [0.4, 0.5) is 0 Å². The highest BCUT2D eigenvalue weighted by Crippen LogP contribution is 2.65. The molecule has 0 heterocycles. The van der Waals surface area contributed by atoms with E-state index >= 15 is 0 Å². The molecule has 0 aromatic carbocycles. The van der Waals surface area contributed by atoms with Crippen molar-refractivity contribution in [1.29, 1.82) is 0 Å². The summed E-state index contributed by atoms with van der Waals surface area (Å²) >= 11 is 0. The third kappa shape index (κ3) is 13.5. The van der Waals surface area contributed by atoms with Crippen LogP contribution in [-0.4, -0.2) is 45.4 Å². The summed E-state index contributed by atoms with van der Waals surface area (Å²) in [5.74, 6) is -0.479. The van der Waals surface area contributed by atoms with Gasteiger partial charge in [0.15, 0.2) is 0 Å². The molecule has 0 spiro atoms. The second kappa shape index (κ2) is 19.9. The Morgan fingerprint density at radius 3 is 1.41 bits per heavy atom. The molecule has 9 nitrogen and oxygen atoms in total. The molecule has 0 aliphatic heterocycles. The lowest BCUT2D eigenvalue weighted by molar-refractivity contribution is 0.224. The van der Waals surface area contributed by atoms with Crippen LogP contribution in [0.25, 0.3) is 0 Å². The molecular weight excluding hydrogens is 471 g/mol. The molecule has 12 heteroatoms. The van der Waals surface area contributed by atoms with Crippen LogP contribution in [0.3, 0.4) is 0 Å². The third-order valence-electron chi connectivity index (χ3n) is 3.73. The molecule has 0 amide bonds. The minimum Gasteiger partial charge on any atom is -0.322 e. The average Bonchev–Trinajstić information content (AvgIpc) is 2.79. The van der Waals surface area contributed by atoms with Crippen molar-refractivity contribution in [3.05, 3.63) is 0 Å². The topological polar surface area (TPSA) is 106 Å². The Morgan fingerprint density at radius 2 is 1.03 bits per heavy atom. The van der Waals surface area contributed by atoms with Gasteiger partial charge in [-0.1, -0.05) is 41.5 Å². The lowest BCUT2D eigenvalue weighted by Crippen LogP contribution is -2.13. The van der Waals surface area contributed by atoms with E-state index in [1.54, 1.807) is 0 Å². The summed E-state index contributed by atoms with van der Waals surface area (Å²) in [6.07, 6.45) is 5.03. The summed E-state index contributed by atoms with van der Waals surface area (Å²) < 4.78 is 46.1. The molecule has 0 fully saturated rings. The normalized spacial score (nSPS) is 13.5. The number of nitrogens with zero attached hydrogens (tertiary/aromatic N) is 2. The molecule has 2 N–H and O–H groups in total.